The number of aromatic nitrogens is 2. The third-order valence-corrected chi connectivity index (χ3v) is 3.04. The van der Waals surface area contributed by atoms with Crippen LogP contribution in [0.1, 0.15) is 51.4 Å². The van der Waals surface area contributed by atoms with E-state index in [2.05, 4.69) is 41.9 Å². The molecule has 0 bridgehead atoms. The van der Waals surface area contributed by atoms with Crippen LogP contribution in [0.4, 0.5) is 0 Å². The number of aryl methyl sites for hydroxylation is 3. The second kappa shape index (κ2) is 8.29. The van der Waals surface area contributed by atoms with Crippen molar-refractivity contribution >= 4 is 0 Å². The predicted molar refractivity (Wildman–Crippen MR) is 73.4 cm³/mol. The minimum atomic E-state index is 1.04. The first-order valence-corrected chi connectivity index (χ1v) is 7.08. The van der Waals surface area contributed by atoms with Crippen LogP contribution in [0.3, 0.4) is 0 Å². The zero-order valence-corrected chi connectivity index (χ0v) is 11.6. The van der Waals surface area contributed by atoms with Crippen molar-refractivity contribution in [2.75, 3.05) is 13.1 Å². The second-order valence-corrected chi connectivity index (χ2v) is 4.51. The average molecular weight is 237 g/mol. The summed E-state index contributed by atoms with van der Waals surface area (Å²) in [5.41, 5.74) is 2.61. The first-order chi connectivity index (χ1) is 8.31. The maximum absolute atomic E-state index is 4.63. The van der Waals surface area contributed by atoms with E-state index in [1.807, 2.05) is 0 Å². The quantitative estimate of drug-likeness (QED) is 0.669. The van der Waals surface area contributed by atoms with Crippen molar-refractivity contribution in [3.8, 4) is 0 Å². The van der Waals surface area contributed by atoms with Crippen LogP contribution in [-0.2, 0) is 19.4 Å². The molecule has 1 N–H and O–H groups in total. The Labute approximate surface area is 106 Å². The lowest BCUT2D eigenvalue weighted by molar-refractivity contribution is 0.518. The van der Waals surface area contributed by atoms with Crippen molar-refractivity contribution in [2.24, 2.45) is 0 Å². The number of unbranched alkanes of at least 4 members (excludes halogenated alkanes) is 1. The number of nitrogens with zero attached hydrogens (tertiary/aromatic N) is 2. The Morgan fingerprint density at radius 1 is 1.12 bits per heavy atom. The van der Waals surface area contributed by atoms with Crippen LogP contribution in [0.25, 0.3) is 0 Å². The maximum Gasteiger partial charge on any atom is 0.0624 e. The Kier molecular flexibility index (Phi) is 6.94. The highest BCUT2D eigenvalue weighted by Crippen LogP contribution is 2.07. The molecule has 17 heavy (non-hydrogen) atoms. The molecule has 1 aromatic heterocycles. The summed E-state index contributed by atoms with van der Waals surface area (Å²) in [6.45, 7) is 9.92. The molecule has 1 aromatic rings. The molecule has 0 aliphatic carbocycles. The largest absolute Gasteiger partial charge is 0.317 e. The number of hydrogen-bond donors (Lipinski definition) is 1. The summed E-state index contributed by atoms with van der Waals surface area (Å²) < 4.78 is 2.19. The fraction of sp³-hybridized carbons (Fsp3) is 0.786. The van der Waals surface area contributed by atoms with Gasteiger partial charge in [0.25, 0.3) is 0 Å². The van der Waals surface area contributed by atoms with E-state index in [4.69, 9.17) is 0 Å². The molecule has 3 nitrogen and oxygen atoms in total. The minimum absolute atomic E-state index is 1.04. The van der Waals surface area contributed by atoms with Gasteiger partial charge in [-0.3, -0.25) is 4.68 Å². The van der Waals surface area contributed by atoms with Crippen LogP contribution >= 0.6 is 0 Å². The van der Waals surface area contributed by atoms with Crippen LogP contribution in [0.15, 0.2) is 6.07 Å². The molecule has 0 aliphatic heterocycles. The SMILES string of the molecule is CCCNCCCCn1nc(CC)cc1CC. The van der Waals surface area contributed by atoms with Gasteiger partial charge in [0.05, 0.1) is 5.69 Å². The molecule has 3 heteroatoms. The summed E-state index contributed by atoms with van der Waals surface area (Å²) in [5.74, 6) is 0. The summed E-state index contributed by atoms with van der Waals surface area (Å²) >= 11 is 0. The van der Waals surface area contributed by atoms with Gasteiger partial charge in [-0.25, -0.2) is 0 Å². The van der Waals surface area contributed by atoms with Crippen molar-refractivity contribution in [3.63, 3.8) is 0 Å². The lowest BCUT2D eigenvalue weighted by Crippen LogP contribution is -2.16. The van der Waals surface area contributed by atoms with Crippen molar-refractivity contribution < 1.29 is 0 Å². The van der Waals surface area contributed by atoms with Crippen LogP contribution in [0, 0.1) is 0 Å². The molecular formula is C14H27N3. The molecular weight excluding hydrogens is 210 g/mol. The summed E-state index contributed by atoms with van der Waals surface area (Å²) in [5, 5.41) is 8.07. The molecule has 1 rings (SSSR count). The van der Waals surface area contributed by atoms with Gasteiger partial charge in [-0.1, -0.05) is 20.8 Å². The Morgan fingerprint density at radius 3 is 2.59 bits per heavy atom. The zero-order valence-electron chi connectivity index (χ0n) is 11.6. The predicted octanol–water partition coefficient (Wildman–Crippen LogP) is 2.79. The third kappa shape index (κ3) is 4.90. The monoisotopic (exact) mass is 237 g/mol. The van der Waals surface area contributed by atoms with E-state index in [1.165, 1.54) is 30.7 Å². The molecule has 0 fully saturated rings. The van der Waals surface area contributed by atoms with Crippen LogP contribution in [0.5, 0.6) is 0 Å². The van der Waals surface area contributed by atoms with Gasteiger partial charge in [0.1, 0.15) is 0 Å². The van der Waals surface area contributed by atoms with Crippen molar-refractivity contribution in [1.29, 1.82) is 0 Å². The molecule has 0 unspecified atom stereocenters. The van der Waals surface area contributed by atoms with E-state index in [-0.39, 0.29) is 0 Å². The molecule has 0 saturated carbocycles. The smallest absolute Gasteiger partial charge is 0.0624 e. The molecule has 0 amide bonds. The molecule has 0 aliphatic rings. The number of hydrogen-bond acceptors (Lipinski definition) is 2. The first kappa shape index (κ1) is 14.2. The molecule has 0 saturated heterocycles. The van der Waals surface area contributed by atoms with Gasteiger partial charge < -0.3 is 5.32 Å². The van der Waals surface area contributed by atoms with Gasteiger partial charge in [0, 0.05) is 12.2 Å². The summed E-state index contributed by atoms with van der Waals surface area (Å²) in [4.78, 5) is 0. The van der Waals surface area contributed by atoms with Crippen LogP contribution < -0.4 is 5.32 Å². The highest BCUT2D eigenvalue weighted by molar-refractivity contribution is 5.10. The van der Waals surface area contributed by atoms with E-state index in [9.17, 15) is 0 Å². The van der Waals surface area contributed by atoms with E-state index in [1.54, 1.807) is 0 Å². The van der Waals surface area contributed by atoms with Crippen LogP contribution in [-0.4, -0.2) is 22.9 Å². The van der Waals surface area contributed by atoms with Gasteiger partial charge in [-0.15, -0.1) is 0 Å². The molecule has 0 spiro atoms. The van der Waals surface area contributed by atoms with E-state index in [0.29, 0.717) is 0 Å². The Morgan fingerprint density at radius 2 is 1.94 bits per heavy atom. The zero-order chi connectivity index (χ0) is 12.5. The topological polar surface area (TPSA) is 29.9 Å². The van der Waals surface area contributed by atoms with Gasteiger partial charge in [0.2, 0.25) is 0 Å². The van der Waals surface area contributed by atoms with Crippen molar-refractivity contribution in [3.05, 3.63) is 17.5 Å². The standard InChI is InChI=1S/C14H27N3/c1-4-9-15-10-7-8-11-17-14(6-3)12-13(5-2)16-17/h12,15H,4-11H2,1-3H3. The molecule has 0 aromatic carbocycles. The van der Waals surface area contributed by atoms with Crippen molar-refractivity contribution in [2.45, 2.75) is 59.4 Å². The fourth-order valence-electron chi connectivity index (χ4n) is 1.98. The van der Waals surface area contributed by atoms with Gasteiger partial charge >= 0.3 is 0 Å². The Hall–Kier alpha value is -0.830. The number of rotatable bonds is 9. The van der Waals surface area contributed by atoms with E-state index in [0.717, 1.165) is 32.5 Å². The molecule has 0 radical (unpaired) electrons. The van der Waals surface area contributed by atoms with E-state index < -0.39 is 0 Å². The van der Waals surface area contributed by atoms with E-state index >= 15 is 0 Å². The highest BCUT2D eigenvalue weighted by atomic mass is 15.3. The molecule has 0 atom stereocenters. The Bertz CT molecular complexity index is 304. The van der Waals surface area contributed by atoms with Gasteiger partial charge in [0.15, 0.2) is 0 Å². The maximum atomic E-state index is 4.63. The van der Waals surface area contributed by atoms with Gasteiger partial charge in [-0.05, 0) is 51.3 Å². The second-order valence-electron chi connectivity index (χ2n) is 4.51. The highest BCUT2D eigenvalue weighted by Gasteiger charge is 2.04. The molecule has 1 heterocycles. The average Bonchev–Trinajstić information content (AvgIpc) is 2.76. The first-order valence-electron chi connectivity index (χ1n) is 7.08. The van der Waals surface area contributed by atoms with Crippen molar-refractivity contribution in [1.82, 2.24) is 15.1 Å². The summed E-state index contributed by atoms with van der Waals surface area (Å²) in [6.07, 6.45) is 5.80. The van der Waals surface area contributed by atoms with Crippen LogP contribution in [0.2, 0.25) is 0 Å². The van der Waals surface area contributed by atoms with Gasteiger partial charge in [-0.2, -0.15) is 5.10 Å². The molecule has 98 valence electrons. The lowest BCUT2D eigenvalue weighted by atomic mass is 10.2. The minimum Gasteiger partial charge on any atom is -0.317 e. The summed E-state index contributed by atoms with van der Waals surface area (Å²) in [6, 6.07) is 2.25. The lowest BCUT2D eigenvalue weighted by Gasteiger charge is -2.06. The number of nitrogens with one attached hydrogen (secondary N) is 1. The Balaban J connectivity index is 2.28. The third-order valence-electron chi connectivity index (χ3n) is 3.04. The summed E-state index contributed by atoms with van der Waals surface area (Å²) in [7, 11) is 0. The normalized spacial score (nSPS) is 11.0. The fourth-order valence-corrected chi connectivity index (χ4v) is 1.98.